The number of ether oxygens (including phenoxy) is 2. The number of imide groups is 1. The lowest BCUT2D eigenvalue weighted by molar-refractivity contribution is -0.126. The first-order chi connectivity index (χ1) is 17.4. The number of halogens is 1. The Morgan fingerprint density at radius 2 is 1.56 bits per heavy atom. The van der Waals surface area contributed by atoms with Gasteiger partial charge in [-0.2, -0.15) is 0 Å². The van der Waals surface area contributed by atoms with E-state index in [1.165, 1.54) is 12.1 Å². The van der Waals surface area contributed by atoms with Gasteiger partial charge in [-0.15, -0.1) is 0 Å². The zero-order valence-corrected chi connectivity index (χ0v) is 20.3. The van der Waals surface area contributed by atoms with Crippen molar-refractivity contribution >= 4 is 40.8 Å². The molecular formula is C27H23ClN2O6. The molecule has 2 saturated heterocycles. The molecule has 0 radical (unpaired) electrons. The third-order valence-corrected chi connectivity index (χ3v) is 6.54. The average Bonchev–Trinajstić information content (AvgIpc) is 3.40. The molecule has 2 fully saturated rings. The van der Waals surface area contributed by atoms with E-state index in [9.17, 15) is 14.4 Å². The molecule has 5 rings (SSSR count). The topological polar surface area (TPSA) is 85.4 Å². The molecule has 0 aromatic heterocycles. The summed E-state index contributed by atoms with van der Waals surface area (Å²) in [5, 5.41) is 2.16. The van der Waals surface area contributed by atoms with Crippen molar-refractivity contribution in [3.8, 4) is 5.75 Å². The number of benzene rings is 3. The van der Waals surface area contributed by atoms with Crippen molar-refractivity contribution in [3.05, 3.63) is 88.9 Å². The van der Waals surface area contributed by atoms with Gasteiger partial charge in [0.1, 0.15) is 11.7 Å². The zero-order chi connectivity index (χ0) is 25.4. The van der Waals surface area contributed by atoms with Crippen LogP contribution in [0.1, 0.15) is 28.9 Å². The van der Waals surface area contributed by atoms with Gasteiger partial charge < -0.3 is 9.47 Å². The van der Waals surface area contributed by atoms with Crippen LogP contribution in [0, 0.1) is 5.92 Å². The lowest BCUT2D eigenvalue weighted by Crippen LogP contribution is -2.37. The van der Waals surface area contributed by atoms with Crippen molar-refractivity contribution in [3.63, 3.8) is 0 Å². The fourth-order valence-electron chi connectivity index (χ4n) is 4.58. The minimum absolute atomic E-state index is 0.251. The maximum Gasteiger partial charge on any atom is 0.338 e. The molecule has 0 bridgehead atoms. The molecule has 36 heavy (non-hydrogen) atoms. The molecule has 3 atom stereocenters. The second-order valence-corrected chi connectivity index (χ2v) is 8.79. The van der Waals surface area contributed by atoms with E-state index < -0.39 is 29.9 Å². The first-order valence-electron chi connectivity index (χ1n) is 11.4. The number of amides is 2. The molecule has 2 aliphatic rings. The van der Waals surface area contributed by atoms with E-state index in [1.807, 2.05) is 12.1 Å². The number of nitrogens with zero attached hydrogens (tertiary/aromatic N) is 2. The number of carbonyl (C=O) groups excluding carboxylic acids is 3. The van der Waals surface area contributed by atoms with E-state index in [-0.39, 0.29) is 12.5 Å². The number of esters is 1. The molecule has 2 amide bonds. The number of methoxy groups -OCH3 is 1. The summed E-state index contributed by atoms with van der Waals surface area (Å²) in [5.41, 5.74) is 2.16. The summed E-state index contributed by atoms with van der Waals surface area (Å²) in [6.45, 7) is 1.97. The molecule has 184 valence electrons. The van der Waals surface area contributed by atoms with Crippen molar-refractivity contribution in [2.75, 3.05) is 23.7 Å². The quantitative estimate of drug-likeness (QED) is 0.357. The second-order valence-electron chi connectivity index (χ2n) is 8.35. The summed E-state index contributed by atoms with van der Waals surface area (Å²) in [7, 11) is 1.58. The normalized spacial score (nSPS) is 21.0. The Hall–Kier alpha value is -3.88. The lowest BCUT2D eigenvalue weighted by Gasteiger charge is -2.29. The summed E-state index contributed by atoms with van der Waals surface area (Å²) in [6, 6.07) is 19.9. The molecule has 0 aliphatic carbocycles. The molecule has 9 heteroatoms. The van der Waals surface area contributed by atoms with Gasteiger partial charge in [-0.3, -0.25) is 14.4 Å². The highest BCUT2D eigenvalue weighted by molar-refractivity contribution is 6.30. The molecule has 2 aliphatic heterocycles. The van der Waals surface area contributed by atoms with Gasteiger partial charge in [0.15, 0.2) is 6.10 Å². The Morgan fingerprint density at radius 3 is 2.17 bits per heavy atom. The fourth-order valence-corrected chi connectivity index (χ4v) is 4.71. The molecule has 3 aromatic rings. The summed E-state index contributed by atoms with van der Waals surface area (Å²) in [5.74, 6) is -1.44. The molecule has 3 aromatic carbocycles. The van der Waals surface area contributed by atoms with Crippen LogP contribution >= 0.6 is 11.6 Å². The maximum atomic E-state index is 13.7. The van der Waals surface area contributed by atoms with Gasteiger partial charge in [0, 0.05) is 5.02 Å². The van der Waals surface area contributed by atoms with Gasteiger partial charge in [0.05, 0.1) is 36.7 Å². The SMILES string of the molecule is CCOC(=O)c1ccc(N2C(=O)[C@@H]3[C@@H](c4ccc(OC)cc4)N(c4ccc(Cl)cc4)O[C@H]3C2=O)cc1. The number of fused-ring (bicyclic) bond motifs is 1. The summed E-state index contributed by atoms with van der Waals surface area (Å²) in [6.07, 6.45) is -1.01. The minimum Gasteiger partial charge on any atom is -0.497 e. The summed E-state index contributed by atoms with van der Waals surface area (Å²) in [4.78, 5) is 46.4. The number of hydrogen-bond donors (Lipinski definition) is 0. The molecular weight excluding hydrogens is 484 g/mol. The van der Waals surface area contributed by atoms with Crippen LogP contribution < -0.4 is 14.7 Å². The first-order valence-corrected chi connectivity index (χ1v) is 11.8. The van der Waals surface area contributed by atoms with Crippen LogP contribution in [-0.4, -0.2) is 37.6 Å². The number of carbonyl (C=O) groups is 3. The lowest BCUT2D eigenvalue weighted by atomic mass is 9.90. The van der Waals surface area contributed by atoms with Crippen LogP contribution in [0.4, 0.5) is 11.4 Å². The van der Waals surface area contributed by atoms with Gasteiger partial charge in [-0.1, -0.05) is 23.7 Å². The minimum atomic E-state index is -1.01. The van der Waals surface area contributed by atoms with Crippen LogP contribution in [0.5, 0.6) is 5.75 Å². The van der Waals surface area contributed by atoms with Gasteiger partial charge in [-0.05, 0) is 73.2 Å². The first kappa shape index (κ1) is 23.8. The van der Waals surface area contributed by atoms with Crippen molar-refractivity contribution < 1.29 is 28.7 Å². The Labute approximate surface area is 212 Å². The van der Waals surface area contributed by atoms with Crippen molar-refractivity contribution in [1.29, 1.82) is 0 Å². The van der Waals surface area contributed by atoms with E-state index in [4.69, 9.17) is 25.9 Å². The number of hydroxylamine groups is 1. The zero-order valence-electron chi connectivity index (χ0n) is 19.6. The largest absolute Gasteiger partial charge is 0.497 e. The van der Waals surface area contributed by atoms with E-state index >= 15 is 0 Å². The Bertz CT molecular complexity index is 1290. The van der Waals surface area contributed by atoms with Crippen LogP contribution in [0.3, 0.4) is 0 Å². The predicted molar refractivity (Wildman–Crippen MR) is 133 cm³/mol. The number of hydrogen-bond acceptors (Lipinski definition) is 7. The van der Waals surface area contributed by atoms with Gasteiger partial charge in [-0.25, -0.2) is 14.8 Å². The van der Waals surface area contributed by atoms with E-state index in [0.29, 0.717) is 27.7 Å². The highest BCUT2D eigenvalue weighted by Crippen LogP contribution is 2.47. The smallest absolute Gasteiger partial charge is 0.338 e. The van der Waals surface area contributed by atoms with E-state index in [0.717, 1.165) is 10.5 Å². The Balaban J connectivity index is 1.50. The van der Waals surface area contributed by atoms with Gasteiger partial charge in [0.2, 0.25) is 5.91 Å². The number of rotatable bonds is 6. The third-order valence-electron chi connectivity index (χ3n) is 6.29. The standard InChI is InChI=1S/C27H23ClN2O6/c1-3-35-27(33)17-4-10-19(11-5-17)29-25(31)22-23(16-6-14-21(34-2)15-7-16)30(36-24(22)26(29)32)20-12-8-18(28)9-13-20/h4-15,22-24H,3H2,1-2H3/t22-,23-,24-/m1/s1. The van der Waals surface area contributed by atoms with Crippen LogP contribution in [0.2, 0.25) is 5.02 Å². The summed E-state index contributed by atoms with van der Waals surface area (Å²) >= 11 is 6.07. The van der Waals surface area contributed by atoms with Crippen LogP contribution in [-0.2, 0) is 19.2 Å². The summed E-state index contributed by atoms with van der Waals surface area (Å²) < 4.78 is 10.3. The van der Waals surface area contributed by atoms with Gasteiger partial charge in [0.25, 0.3) is 5.91 Å². The Kier molecular flexibility index (Phi) is 6.38. The molecule has 0 N–H and O–H groups in total. The molecule has 0 saturated carbocycles. The van der Waals surface area contributed by atoms with E-state index in [1.54, 1.807) is 67.6 Å². The van der Waals surface area contributed by atoms with Crippen LogP contribution in [0.15, 0.2) is 72.8 Å². The highest BCUT2D eigenvalue weighted by atomic mass is 35.5. The maximum absolute atomic E-state index is 13.7. The Morgan fingerprint density at radius 1 is 0.917 bits per heavy atom. The van der Waals surface area contributed by atoms with Crippen molar-refractivity contribution in [2.24, 2.45) is 5.92 Å². The van der Waals surface area contributed by atoms with Crippen LogP contribution in [0.25, 0.3) is 0 Å². The monoisotopic (exact) mass is 506 g/mol. The van der Waals surface area contributed by atoms with Crippen molar-refractivity contribution in [1.82, 2.24) is 0 Å². The molecule has 2 heterocycles. The average molecular weight is 507 g/mol. The van der Waals surface area contributed by atoms with Crippen molar-refractivity contribution in [2.45, 2.75) is 19.1 Å². The number of anilines is 2. The highest BCUT2D eigenvalue weighted by Gasteiger charge is 2.60. The van der Waals surface area contributed by atoms with E-state index in [2.05, 4.69) is 0 Å². The molecule has 0 spiro atoms. The molecule has 0 unspecified atom stereocenters. The third kappa shape index (κ3) is 4.08. The fraction of sp³-hybridized carbons (Fsp3) is 0.222. The predicted octanol–water partition coefficient (Wildman–Crippen LogP) is 4.58. The van der Waals surface area contributed by atoms with Gasteiger partial charge >= 0.3 is 5.97 Å². The second kappa shape index (κ2) is 9.64. The molecule has 8 nitrogen and oxygen atoms in total.